The summed E-state index contributed by atoms with van der Waals surface area (Å²) in [6.07, 6.45) is -11.0. The van der Waals surface area contributed by atoms with E-state index in [-0.39, 0.29) is 15.6 Å². The van der Waals surface area contributed by atoms with E-state index >= 15 is 0 Å². The average molecular weight is 439 g/mol. The molecule has 0 aromatic carbocycles. The SMILES string of the molecule is CON(Cc1ccc(-c2noc(C(F)(F)F)n2)s1)S(=O)(=O)CCC(F)(F)F. The van der Waals surface area contributed by atoms with Gasteiger partial charge in [0.2, 0.25) is 15.8 Å². The fraction of sp³-hybridized carbons (Fsp3) is 0.500. The molecular formula is C12H11F6N3O4S2. The van der Waals surface area contributed by atoms with Gasteiger partial charge in [0.05, 0.1) is 30.7 Å². The Labute approximate surface area is 152 Å². The smallest absolute Gasteiger partial charge is 0.329 e. The van der Waals surface area contributed by atoms with Crippen LogP contribution in [0.2, 0.25) is 0 Å². The molecule has 15 heteroatoms. The van der Waals surface area contributed by atoms with Crippen molar-refractivity contribution in [2.75, 3.05) is 12.9 Å². The van der Waals surface area contributed by atoms with Gasteiger partial charge in [0.25, 0.3) is 0 Å². The van der Waals surface area contributed by atoms with Gasteiger partial charge in [0.1, 0.15) is 0 Å². The topological polar surface area (TPSA) is 85.5 Å². The van der Waals surface area contributed by atoms with Crippen LogP contribution in [0.4, 0.5) is 26.3 Å². The normalized spacial score (nSPS) is 13.5. The van der Waals surface area contributed by atoms with Crippen LogP contribution in [0.1, 0.15) is 17.2 Å². The Morgan fingerprint density at radius 1 is 1.22 bits per heavy atom. The first-order valence-corrected chi connectivity index (χ1v) is 9.35. The highest BCUT2D eigenvalue weighted by Crippen LogP contribution is 2.32. The number of aromatic nitrogens is 2. The van der Waals surface area contributed by atoms with Crippen molar-refractivity contribution in [1.29, 1.82) is 0 Å². The van der Waals surface area contributed by atoms with Crippen LogP contribution in [0.3, 0.4) is 0 Å². The van der Waals surface area contributed by atoms with E-state index in [9.17, 15) is 34.8 Å². The van der Waals surface area contributed by atoms with Crippen LogP contribution in [0, 0.1) is 0 Å². The Morgan fingerprint density at radius 3 is 2.41 bits per heavy atom. The molecule has 0 radical (unpaired) electrons. The molecule has 2 rings (SSSR count). The van der Waals surface area contributed by atoms with Crippen LogP contribution in [-0.4, -0.2) is 42.1 Å². The van der Waals surface area contributed by atoms with Gasteiger partial charge in [-0.2, -0.15) is 31.3 Å². The number of alkyl halides is 6. The van der Waals surface area contributed by atoms with E-state index in [1.165, 1.54) is 12.1 Å². The van der Waals surface area contributed by atoms with E-state index in [4.69, 9.17) is 0 Å². The number of hydrogen-bond acceptors (Lipinski definition) is 7. The summed E-state index contributed by atoms with van der Waals surface area (Å²) in [5, 5.41) is 3.19. The molecule has 0 N–H and O–H groups in total. The van der Waals surface area contributed by atoms with Crippen LogP contribution >= 0.6 is 11.3 Å². The third kappa shape index (κ3) is 5.88. The number of hydroxylamine groups is 1. The molecule has 0 aliphatic heterocycles. The largest absolute Gasteiger partial charge is 0.471 e. The first-order valence-electron chi connectivity index (χ1n) is 6.93. The molecule has 0 fully saturated rings. The van der Waals surface area contributed by atoms with Gasteiger partial charge >= 0.3 is 18.2 Å². The van der Waals surface area contributed by atoms with E-state index in [2.05, 4.69) is 19.5 Å². The van der Waals surface area contributed by atoms with Gasteiger partial charge in [0, 0.05) is 4.88 Å². The molecule has 2 heterocycles. The van der Waals surface area contributed by atoms with Gasteiger partial charge in [-0.3, -0.25) is 4.84 Å². The molecule has 0 saturated heterocycles. The minimum absolute atomic E-state index is 0.146. The van der Waals surface area contributed by atoms with Gasteiger partial charge in [0.15, 0.2) is 0 Å². The molecule has 0 aliphatic rings. The summed E-state index contributed by atoms with van der Waals surface area (Å²) in [5.41, 5.74) is 0. The lowest BCUT2D eigenvalue weighted by Crippen LogP contribution is -2.33. The Morgan fingerprint density at radius 2 is 1.89 bits per heavy atom. The van der Waals surface area contributed by atoms with E-state index < -0.39 is 47.0 Å². The molecule has 0 spiro atoms. The number of thiophene rings is 1. The summed E-state index contributed by atoms with van der Waals surface area (Å²) in [5.74, 6) is -3.11. The van der Waals surface area contributed by atoms with Crippen molar-refractivity contribution in [3.05, 3.63) is 22.9 Å². The molecule has 0 saturated carbocycles. The van der Waals surface area contributed by atoms with Crippen molar-refractivity contribution >= 4 is 21.4 Å². The summed E-state index contributed by atoms with van der Waals surface area (Å²) in [6, 6.07) is 2.68. The van der Waals surface area contributed by atoms with Crippen molar-refractivity contribution < 1.29 is 44.1 Å². The molecule has 7 nitrogen and oxygen atoms in total. The zero-order valence-electron chi connectivity index (χ0n) is 13.3. The molecule has 2 aromatic rings. The highest BCUT2D eigenvalue weighted by atomic mass is 32.2. The summed E-state index contributed by atoms with van der Waals surface area (Å²) in [6.45, 7) is -0.439. The highest BCUT2D eigenvalue weighted by Gasteiger charge is 2.38. The standard InChI is InChI=1S/C12H11F6N3O4S2/c1-24-21(27(22,23)5-4-11(13,14)15)6-7-2-3-8(26-7)9-19-10(25-20-9)12(16,17)18/h2-3H,4-6H2,1H3. The lowest BCUT2D eigenvalue weighted by Gasteiger charge is -2.19. The Balaban J connectivity index is 2.12. The number of nitrogens with zero attached hydrogens (tertiary/aromatic N) is 3. The molecule has 0 unspecified atom stereocenters. The first kappa shape index (κ1) is 21.6. The molecular weight excluding hydrogens is 428 g/mol. The maximum Gasteiger partial charge on any atom is 0.471 e. The molecule has 0 bridgehead atoms. The van der Waals surface area contributed by atoms with E-state index in [1.807, 2.05) is 0 Å². The van der Waals surface area contributed by atoms with E-state index in [1.54, 1.807) is 0 Å². The summed E-state index contributed by atoms with van der Waals surface area (Å²) < 4.78 is 102. The minimum Gasteiger partial charge on any atom is -0.329 e. The predicted octanol–water partition coefficient (Wildman–Crippen LogP) is 3.46. The van der Waals surface area contributed by atoms with Crippen molar-refractivity contribution in [1.82, 2.24) is 14.6 Å². The summed E-state index contributed by atoms with van der Waals surface area (Å²) >= 11 is 0.833. The third-order valence-corrected chi connectivity index (χ3v) is 5.68. The second-order valence-corrected chi connectivity index (χ2v) is 8.16. The molecule has 152 valence electrons. The maximum atomic E-state index is 12.5. The molecule has 2 aromatic heterocycles. The Kier molecular flexibility index (Phi) is 6.18. The zero-order chi connectivity index (χ0) is 20.5. The number of sulfonamides is 1. The van der Waals surface area contributed by atoms with Crippen molar-refractivity contribution in [3.63, 3.8) is 0 Å². The Bertz CT molecular complexity index is 874. The monoisotopic (exact) mass is 439 g/mol. The van der Waals surface area contributed by atoms with E-state index in [0.717, 1.165) is 18.4 Å². The second-order valence-electron chi connectivity index (χ2n) is 5.01. The molecule has 0 atom stereocenters. The minimum atomic E-state index is -4.81. The Hall–Kier alpha value is -1.71. The van der Waals surface area contributed by atoms with Gasteiger partial charge in [-0.1, -0.05) is 9.63 Å². The van der Waals surface area contributed by atoms with Crippen LogP contribution in [0.25, 0.3) is 10.7 Å². The molecule has 0 amide bonds. The zero-order valence-corrected chi connectivity index (χ0v) is 15.0. The van der Waals surface area contributed by atoms with Crippen molar-refractivity contribution in [2.45, 2.75) is 25.3 Å². The van der Waals surface area contributed by atoms with Gasteiger partial charge in [-0.15, -0.1) is 11.3 Å². The van der Waals surface area contributed by atoms with Crippen molar-refractivity contribution in [2.24, 2.45) is 0 Å². The number of rotatable bonds is 7. The fourth-order valence-electron chi connectivity index (χ4n) is 1.77. The third-order valence-electron chi connectivity index (χ3n) is 2.99. The fourth-order valence-corrected chi connectivity index (χ4v) is 4.02. The van der Waals surface area contributed by atoms with Gasteiger partial charge in [-0.05, 0) is 12.1 Å². The highest BCUT2D eigenvalue weighted by molar-refractivity contribution is 7.88. The van der Waals surface area contributed by atoms with E-state index in [0.29, 0.717) is 4.47 Å². The van der Waals surface area contributed by atoms with Crippen LogP contribution < -0.4 is 0 Å². The van der Waals surface area contributed by atoms with Gasteiger partial charge < -0.3 is 4.52 Å². The lowest BCUT2D eigenvalue weighted by atomic mass is 10.4. The van der Waals surface area contributed by atoms with Crippen LogP contribution in [0.15, 0.2) is 16.7 Å². The average Bonchev–Trinajstić information content (AvgIpc) is 3.18. The molecule has 0 aliphatic carbocycles. The van der Waals surface area contributed by atoms with Crippen LogP contribution in [-0.2, 0) is 27.6 Å². The predicted molar refractivity (Wildman–Crippen MR) is 79.6 cm³/mol. The summed E-state index contributed by atoms with van der Waals surface area (Å²) in [7, 11) is -3.41. The second kappa shape index (κ2) is 7.73. The maximum absolute atomic E-state index is 12.5. The number of hydrogen-bond donors (Lipinski definition) is 0. The molecule has 27 heavy (non-hydrogen) atoms. The van der Waals surface area contributed by atoms with Crippen LogP contribution in [0.5, 0.6) is 0 Å². The van der Waals surface area contributed by atoms with Gasteiger partial charge in [-0.25, -0.2) is 8.42 Å². The quantitative estimate of drug-likeness (QED) is 0.485. The first-order chi connectivity index (χ1) is 12.3. The number of halogens is 6. The van der Waals surface area contributed by atoms with Crippen molar-refractivity contribution in [3.8, 4) is 10.7 Å². The summed E-state index contributed by atoms with van der Waals surface area (Å²) in [4.78, 5) is 8.25. The lowest BCUT2D eigenvalue weighted by molar-refractivity contribution is -0.159.